The molecule has 0 radical (unpaired) electrons. The number of halogens is 2. The molecule has 0 spiro atoms. The Labute approximate surface area is 133 Å². The molecule has 110 valence electrons. The van der Waals surface area contributed by atoms with Gasteiger partial charge in [0.15, 0.2) is 0 Å². The van der Waals surface area contributed by atoms with Crippen molar-refractivity contribution in [2.75, 3.05) is 24.3 Å². The first-order valence-corrected chi connectivity index (χ1v) is 6.97. The van der Waals surface area contributed by atoms with Gasteiger partial charge in [0.05, 0.1) is 29.4 Å². The highest BCUT2D eigenvalue weighted by Crippen LogP contribution is 2.27. The second kappa shape index (κ2) is 7.20. The number of amides is 1. The number of ether oxygens (including phenoxy) is 1. The normalized spacial score (nSPS) is 10.0. The van der Waals surface area contributed by atoms with Crippen LogP contribution >= 0.6 is 23.2 Å². The van der Waals surface area contributed by atoms with E-state index in [1.807, 2.05) is 0 Å². The Morgan fingerprint density at radius 1 is 1.14 bits per heavy atom. The second-order valence-electron chi connectivity index (χ2n) is 4.23. The molecule has 21 heavy (non-hydrogen) atoms. The first kappa shape index (κ1) is 15.5. The van der Waals surface area contributed by atoms with Crippen molar-refractivity contribution in [3.05, 3.63) is 52.5 Å². The molecular weight excluding hydrogens is 311 g/mol. The standard InChI is InChI=1S/C15H14Cl2N2O2/c1-21-14-7-6-10(8-12(14)17)18-9-15(20)19-13-5-3-2-4-11(13)16/h2-8,18H,9H2,1H3,(H,19,20). The molecule has 0 heterocycles. The van der Waals surface area contributed by atoms with Crippen LogP contribution < -0.4 is 15.4 Å². The van der Waals surface area contributed by atoms with Gasteiger partial charge in [-0.05, 0) is 30.3 Å². The molecule has 0 saturated carbocycles. The largest absolute Gasteiger partial charge is 0.495 e. The summed E-state index contributed by atoms with van der Waals surface area (Å²) in [6, 6.07) is 12.3. The molecule has 0 fully saturated rings. The SMILES string of the molecule is COc1ccc(NCC(=O)Nc2ccccc2Cl)cc1Cl. The third kappa shape index (κ3) is 4.28. The van der Waals surface area contributed by atoms with E-state index >= 15 is 0 Å². The lowest BCUT2D eigenvalue weighted by atomic mass is 10.3. The van der Waals surface area contributed by atoms with Crippen LogP contribution in [0.25, 0.3) is 0 Å². The highest BCUT2D eigenvalue weighted by Gasteiger charge is 2.06. The van der Waals surface area contributed by atoms with Gasteiger partial charge in [0.1, 0.15) is 5.75 Å². The topological polar surface area (TPSA) is 50.4 Å². The molecule has 0 unspecified atom stereocenters. The number of rotatable bonds is 5. The Kier molecular flexibility index (Phi) is 5.31. The summed E-state index contributed by atoms with van der Waals surface area (Å²) >= 11 is 12.0. The van der Waals surface area contributed by atoms with Gasteiger partial charge in [-0.2, -0.15) is 0 Å². The lowest BCUT2D eigenvalue weighted by molar-refractivity contribution is -0.114. The van der Waals surface area contributed by atoms with Crippen molar-refractivity contribution in [3.63, 3.8) is 0 Å². The molecule has 0 aliphatic rings. The summed E-state index contributed by atoms with van der Waals surface area (Å²) < 4.78 is 5.06. The number of carbonyl (C=O) groups is 1. The van der Waals surface area contributed by atoms with Crippen molar-refractivity contribution < 1.29 is 9.53 Å². The quantitative estimate of drug-likeness (QED) is 0.872. The fourth-order valence-corrected chi connectivity index (χ4v) is 2.16. The van der Waals surface area contributed by atoms with Crippen molar-refractivity contribution in [1.29, 1.82) is 0 Å². The van der Waals surface area contributed by atoms with Gasteiger partial charge in [-0.15, -0.1) is 0 Å². The third-order valence-corrected chi connectivity index (χ3v) is 3.38. The van der Waals surface area contributed by atoms with Crippen molar-refractivity contribution in [2.24, 2.45) is 0 Å². The Bertz CT molecular complexity index is 647. The van der Waals surface area contributed by atoms with E-state index in [0.29, 0.717) is 21.5 Å². The maximum absolute atomic E-state index is 11.9. The van der Waals surface area contributed by atoms with Crippen LogP contribution in [-0.2, 0) is 4.79 Å². The summed E-state index contributed by atoms with van der Waals surface area (Å²) in [5.74, 6) is 0.387. The fourth-order valence-electron chi connectivity index (χ4n) is 1.72. The number of carbonyl (C=O) groups excluding carboxylic acids is 1. The van der Waals surface area contributed by atoms with Crippen LogP contribution in [0.15, 0.2) is 42.5 Å². The van der Waals surface area contributed by atoms with Crippen LogP contribution in [0, 0.1) is 0 Å². The van der Waals surface area contributed by atoms with Gasteiger partial charge in [-0.1, -0.05) is 35.3 Å². The predicted molar refractivity (Wildman–Crippen MR) is 86.6 cm³/mol. The van der Waals surface area contributed by atoms with E-state index in [4.69, 9.17) is 27.9 Å². The number of nitrogens with one attached hydrogen (secondary N) is 2. The number of methoxy groups -OCH3 is 1. The highest BCUT2D eigenvalue weighted by atomic mass is 35.5. The molecule has 2 aromatic rings. The molecule has 1 amide bonds. The van der Waals surface area contributed by atoms with Gasteiger partial charge in [0, 0.05) is 5.69 Å². The Morgan fingerprint density at radius 2 is 1.90 bits per heavy atom. The first-order chi connectivity index (χ1) is 10.1. The van der Waals surface area contributed by atoms with Crippen LogP contribution in [-0.4, -0.2) is 19.6 Å². The average molecular weight is 325 g/mol. The number of hydrogen-bond acceptors (Lipinski definition) is 3. The molecule has 0 bridgehead atoms. The van der Waals surface area contributed by atoms with Gasteiger partial charge >= 0.3 is 0 Å². The van der Waals surface area contributed by atoms with E-state index in [0.717, 1.165) is 5.69 Å². The summed E-state index contributed by atoms with van der Waals surface area (Å²) in [4.78, 5) is 11.9. The van der Waals surface area contributed by atoms with Gasteiger partial charge in [-0.3, -0.25) is 4.79 Å². The highest BCUT2D eigenvalue weighted by molar-refractivity contribution is 6.33. The molecule has 2 N–H and O–H groups in total. The zero-order valence-electron chi connectivity index (χ0n) is 11.3. The van der Waals surface area contributed by atoms with E-state index in [9.17, 15) is 4.79 Å². The van der Waals surface area contributed by atoms with Gasteiger partial charge in [0.2, 0.25) is 5.91 Å². The number of anilines is 2. The molecule has 2 aromatic carbocycles. The number of hydrogen-bond donors (Lipinski definition) is 2. The van der Waals surface area contributed by atoms with E-state index in [-0.39, 0.29) is 12.5 Å². The molecule has 6 heteroatoms. The summed E-state index contributed by atoms with van der Waals surface area (Å²) in [5.41, 5.74) is 1.31. The van der Waals surface area contributed by atoms with Gasteiger partial charge in [-0.25, -0.2) is 0 Å². The lowest BCUT2D eigenvalue weighted by Crippen LogP contribution is -2.21. The zero-order chi connectivity index (χ0) is 15.2. The molecule has 0 aliphatic carbocycles. The minimum atomic E-state index is -0.199. The Morgan fingerprint density at radius 3 is 2.57 bits per heavy atom. The second-order valence-corrected chi connectivity index (χ2v) is 5.05. The van der Waals surface area contributed by atoms with Crippen LogP contribution in [0.3, 0.4) is 0 Å². The fraction of sp³-hybridized carbons (Fsp3) is 0.133. The minimum Gasteiger partial charge on any atom is -0.495 e. The first-order valence-electron chi connectivity index (χ1n) is 6.22. The van der Waals surface area contributed by atoms with E-state index in [1.54, 1.807) is 49.6 Å². The monoisotopic (exact) mass is 324 g/mol. The lowest BCUT2D eigenvalue weighted by Gasteiger charge is -2.10. The van der Waals surface area contributed by atoms with Crippen LogP contribution in [0.5, 0.6) is 5.75 Å². The summed E-state index contributed by atoms with van der Waals surface area (Å²) in [5, 5.41) is 6.69. The third-order valence-electron chi connectivity index (χ3n) is 2.75. The maximum atomic E-state index is 11.9. The molecule has 0 aromatic heterocycles. The maximum Gasteiger partial charge on any atom is 0.243 e. The zero-order valence-corrected chi connectivity index (χ0v) is 12.8. The molecule has 0 aliphatic heterocycles. The molecule has 0 atom stereocenters. The molecular formula is C15H14Cl2N2O2. The average Bonchev–Trinajstić information content (AvgIpc) is 2.48. The summed E-state index contributed by atoms with van der Waals surface area (Å²) in [6.45, 7) is 0.105. The predicted octanol–water partition coefficient (Wildman–Crippen LogP) is 4.05. The van der Waals surface area contributed by atoms with E-state index in [1.165, 1.54) is 0 Å². The van der Waals surface area contributed by atoms with Crippen LogP contribution in [0.2, 0.25) is 10.0 Å². The molecule has 2 rings (SSSR count). The van der Waals surface area contributed by atoms with Crippen molar-refractivity contribution in [3.8, 4) is 5.75 Å². The van der Waals surface area contributed by atoms with Gasteiger partial charge < -0.3 is 15.4 Å². The van der Waals surface area contributed by atoms with Crippen molar-refractivity contribution in [2.45, 2.75) is 0 Å². The number of para-hydroxylation sites is 1. The number of benzene rings is 2. The Balaban J connectivity index is 1.92. The summed E-state index contributed by atoms with van der Waals surface area (Å²) in [6.07, 6.45) is 0. The minimum absolute atomic E-state index is 0.105. The van der Waals surface area contributed by atoms with Crippen molar-refractivity contribution in [1.82, 2.24) is 0 Å². The smallest absolute Gasteiger partial charge is 0.243 e. The van der Waals surface area contributed by atoms with E-state index < -0.39 is 0 Å². The van der Waals surface area contributed by atoms with E-state index in [2.05, 4.69) is 10.6 Å². The van der Waals surface area contributed by atoms with Gasteiger partial charge in [0.25, 0.3) is 0 Å². The Hall–Kier alpha value is -1.91. The van der Waals surface area contributed by atoms with Crippen molar-refractivity contribution >= 4 is 40.5 Å². The van der Waals surface area contributed by atoms with Crippen LogP contribution in [0.1, 0.15) is 0 Å². The van der Waals surface area contributed by atoms with Crippen LogP contribution in [0.4, 0.5) is 11.4 Å². The summed E-state index contributed by atoms with van der Waals surface area (Å²) in [7, 11) is 1.55. The molecule has 4 nitrogen and oxygen atoms in total. The molecule has 0 saturated heterocycles.